The van der Waals surface area contributed by atoms with Crippen molar-refractivity contribution in [3.05, 3.63) is 37.9 Å². The summed E-state index contributed by atoms with van der Waals surface area (Å²) in [5.74, 6) is 0.208. The number of rotatable bonds is 6. The van der Waals surface area contributed by atoms with Crippen molar-refractivity contribution in [1.29, 1.82) is 0 Å². The van der Waals surface area contributed by atoms with Crippen LogP contribution >= 0.6 is 49.9 Å². The van der Waals surface area contributed by atoms with E-state index in [2.05, 4.69) is 25.9 Å². The smallest absolute Gasteiger partial charge is 0.413 e. The fourth-order valence-corrected chi connectivity index (χ4v) is 7.37. The number of hydrogen-bond acceptors (Lipinski definition) is 12. The van der Waals surface area contributed by atoms with Crippen molar-refractivity contribution >= 4 is 62.5 Å². The van der Waals surface area contributed by atoms with E-state index >= 15 is 0 Å². The van der Waals surface area contributed by atoms with Crippen molar-refractivity contribution in [2.45, 2.75) is 65.0 Å². The highest BCUT2D eigenvalue weighted by Crippen LogP contribution is 2.45. The van der Waals surface area contributed by atoms with Gasteiger partial charge in [-0.15, -0.1) is 34.0 Å². The lowest BCUT2D eigenvalue weighted by Gasteiger charge is -2.34. The van der Waals surface area contributed by atoms with Gasteiger partial charge in [-0.3, -0.25) is 9.69 Å². The first-order valence-corrected chi connectivity index (χ1v) is 15.6. The molecule has 0 aliphatic carbocycles. The summed E-state index contributed by atoms with van der Waals surface area (Å²) in [5, 5.41) is 7.52. The van der Waals surface area contributed by atoms with Crippen LogP contribution < -0.4 is 4.74 Å². The molecule has 0 bridgehead atoms. The molecular weight excluding hydrogens is 638 g/mol. The lowest BCUT2D eigenvalue weighted by Crippen LogP contribution is -2.47. The Morgan fingerprint density at radius 2 is 1.80 bits per heavy atom. The number of pyridine rings is 1. The van der Waals surface area contributed by atoms with Gasteiger partial charge in [-0.2, -0.15) is 0 Å². The molecule has 5 heterocycles. The minimum Gasteiger partial charge on any atom is -0.444 e. The maximum atomic E-state index is 13.3. The highest BCUT2D eigenvalue weighted by molar-refractivity contribution is 9.10. The molecule has 4 aromatic rings. The van der Waals surface area contributed by atoms with Gasteiger partial charge < -0.3 is 14.2 Å². The van der Waals surface area contributed by atoms with E-state index in [4.69, 9.17) is 24.2 Å². The van der Waals surface area contributed by atoms with E-state index in [0.29, 0.717) is 33.6 Å². The van der Waals surface area contributed by atoms with Crippen molar-refractivity contribution in [2.24, 2.45) is 0 Å². The number of amides is 1. The quantitative estimate of drug-likeness (QED) is 0.198. The maximum absolute atomic E-state index is 13.3. The summed E-state index contributed by atoms with van der Waals surface area (Å²) in [5.41, 5.74) is 1.05. The second kappa shape index (κ2) is 10.9. The Bertz CT molecular complexity index is 1560. The third-order valence-electron chi connectivity index (χ3n) is 5.86. The standard InChI is InChI=1S/C26H26BrN5O5S3/c1-13-20(32(26(5,6)36-13)24(34)37-25(2,3)4)23-29-16(9-38-23)19-14(21-31-18(11-40-21)35-12-33)7-8-15(28-19)22-30-17(27)10-39-22/h7-13,20H,1-6H3/t13-,20?/m1/s1. The molecule has 5 rings (SSSR count). The Kier molecular flexibility index (Phi) is 7.83. The molecule has 4 aromatic heterocycles. The lowest BCUT2D eigenvalue weighted by molar-refractivity contribution is -0.120. The van der Waals surface area contributed by atoms with Crippen LogP contribution in [0, 0.1) is 0 Å². The van der Waals surface area contributed by atoms with E-state index in [9.17, 15) is 9.59 Å². The molecule has 0 N–H and O–H groups in total. The third-order valence-corrected chi connectivity index (χ3v) is 9.20. The number of ether oxygens (including phenoxy) is 3. The second-order valence-corrected chi connectivity index (χ2v) is 13.8. The molecule has 40 heavy (non-hydrogen) atoms. The molecule has 2 atom stereocenters. The number of nitrogens with zero attached hydrogens (tertiary/aromatic N) is 5. The zero-order chi connectivity index (χ0) is 28.8. The predicted octanol–water partition coefficient (Wildman–Crippen LogP) is 7.18. The normalized spacial score (nSPS) is 18.6. The van der Waals surface area contributed by atoms with Gasteiger partial charge >= 0.3 is 6.09 Å². The van der Waals surface area contributed by atoms with Crippen LogP contribution in [0.2, 0.25) is 0 Å². The lowest BCUT2D eigenvalue weighted by atomic mass is 10.1. The highest BCUT2D eigenvalue weighted by atomic mass is 79.9. The second-order valence-electron chi connectivity index (χ2n) is 10.4. The van der Waals surface area contributed by atoms with Gasteiger partial charge in [-0.25, -0.2) is 24.7 Å². The highest BCUT2D eigenvalue weighted by Gasteiger charge is 2.51. The van der Waals surface area contributed by atoms with Crippen molar-refractivity contribution in [1.82, 2.24) is 24.8 Å². The third kappa shape index (κ3) is 5.81. The monoisotopic (exact) mass is 663 g/mol. The molecule has 0 aromatic carbocycles. The van der Waals surface area contributed by atoms with Gasteiger partial charge in [0.1, 0.15) is 48.4 Å². The zero-order valence-corrected chi connectivity index (χ0v) is 26.5. The molecule has 1 unspecified atom stereocenters. The fourth-order valence-electron chi connectivity index (χ4n) is 4.41. The van der Waals surface area contributed by atoms with Gasteiger partial charge in [-0.05, 0) is 69.6 Å². The van der Waals surface area contributed by atoms with Crippen molar-refractivity contribution < 1.29 is 23.8 Å². The molecule has 1 aliphatic heterocycles. The molecular formula is C26H26BrN5O5S3. The number of hydrogen-bond donors (Lipinski definition) is 0. The van der Waals surface area contributed by atoms with Gasteiger partial charge in [-0.1, -0.05) is 0 Å². The summed E-state index contributed by atoms with van der Waals surface area (Å²) in [6.07, 6.45) is -0.792. The molecule has 0 saturated carbocycles. The SMILES string of the molecule is C[C@H]1OC(C)(C)N(C(=O)OC(C)(C)C)C1c1nc(-c2nc(-c3nc(Br)cs3)ccc2-c2nc(OC=O)cs2)cs1. The minimum absolute atomic E-state index is 0.208. The van der Waals surface area contributed by atoms with Gasteiger partial charge in [0.2, 0.25) is 5.88 Å². The maximum Gasteiger partial charge on any atom is 0.413 e. The predicted molar refractivity (Wildman–Crippen MR) is 157 cm³/mol. The van der Waals surface area contributed by atoms with Crippen LogP contribution in [0.3, 0.4) is 0 Å². The van der Waals surface area contributed by atoms with Gasteiger partial charge in [0.25, 0.3) is 6.47 Å². The van der Waals surface area contributed by atoms with Crippen molar-refractivity contribution in [3.8, 4) is 38.5 Å². The van der Waals surface area contributed by atoms with E-state index in [-0.39, 0.29) is 12.0 Å². The Hall–Kier alpha value is -2.78. The Labute approximate surface area is 251 Å². The minimum atomic E-state index is -0.893. The number of halogens is 1. The first-order chi connectivity index (χ1) is 18.9. The van der Waals surface area contributed by atoms with E-state index in [0.717, 1.165) is 15.2 Å². The summed E-state index contributed by atoms with van der Waals surface area (Å²) in [4.78, 5) is 44.6. The Morgan fingerprint density at radius 3 is 2.48 bits per heavy atom. The van der Waals surface area contributed by atoms with Gasteiger partial charge in [0, 0.05) is 16.3 Å². The largest absolute Gasteiger partial charge is 0.444 e. The summed E-state index contributed by atoms with van der Waals surface area (Å²) >= 11 is 7.63. The van der Waals surface area contributed by atoms with E-state index in [1.807, 2.05) is 64.4 Å². The molecule has 1 amide bonds. The van der Waals surface area contributed by atoms with E-state index in [1.54, 1.807) is 10.3 Å². The number of thiazole rings is 3. The first-order valence-electron chi connectivity index (χ1n) is 12.2. The average Bonchev–Trinajstić information content (AvgIpc) is 3.64. The molecule has 10 nitrogen and oxygen atoms in total. The van der Waals surface area contributed by atoms with E-state index < -0.39 is 23.5 Å². The van der Waals surface area contributed by atoms with Crippen molar-refractivity contribution in [3.63, 3.8) is 0 Å². The molecule has 1 aliphatic rings. The summed E-state index contributed by atoms with van der Waals surface area (Å²) in [7, 11) is 0. The van der Waals surface area contributed by atoms with Crippen LogP contribution in [0.5, 0.6) is 5.88 Å². The molecule has 14 heteroatoms. The number of carbonyl (C=O) groups excluding carboxylic acids is 2. The van der Waals surface area contributed by atoms with Gasteiger partial charge in [0.05, 0.1) is 17.2 Å². The van der Waals surface area contributed by atoms with Crippen LogP contribution in [0.25, 0.3) is 32.7 Å². The molecule has 1 saturated heterocycles. The Balaban J connectivity index is 1.58. The van der Waals surface area contributed by atoms with Gasteiger partial charge in [0.15, 0.2) is 0 Å². The number of aromatic nitrogens is 4. The molecule has 0 radical (unpaired) electrons. The fraction of sp³-hybridized carbons (Fsp3) is 0.385. The van der Waals surface area contributed by atoms with Crippen LogP contribution in [0.15, 0.2) is 32.9 Å². The van der Waals surface area contributed by atoms with Crippen molar-refractivity contribution in [2.75, 3.05) is 0 Å². The number of carbonyl (C=O) groups is 2. The van der Waals surface area contributed by atoms with Crippen LogP contribution in [0.1, 0.15) is 52.6 Å². The van der Waals surface area contributed by atoms with Crippen LogP contribution in [-0.4, -0.2) is 54.8 Å². The summed E-state index contributed by atoms with van der Waals surface area (Å²) < 4.78 is 17.6. The summed E-state index contributed by atoms with van der Waals surface area (Å²) in [6, 6.07) is 3.32. The Morgan fingerprint density at radius 1 is 1.05 bits per heavy atom. The zero-order valence-electron chi connectivity index (χ0n) is 22.5. The summed E-state index contributed by atoms with van der Waals surface area (Å²) in [6.45, 7) is 11.5. The van der Waals surface area contributed by atoms with Crippen LogP contribution in [-0.2, 0) is 14.3 Å². The average molecular weight is 665 g/mol. The van der Waals surface area contributed by atoms with E-state index in [1.165, 1.54) is 34.0 Å². The first kappa shape index (κ1) is 28.7. The molecule has 1 fully saturated rings. The topological polar surface area (TPSA) is 117 Å². The van der Waals surface area contributed by atoms with Crippen LogP contribution in [0.4, 0.5) is 4.79 Å². The molecule has 0 spiro atoms. The molecule has 210 valence electrons.